The SMILES string of the molecule is CC(C)(C)OC(=O)N(CC(=O)NO)S(=O)(=O)C(F)(F)C(F)(F)C(F)(F)C(F)(F)F. The fraction of sp³-hybridized carbons (Fsp3) is 0.818. The van der Waals surface area contributed by atoms with Crippen LogP contribution in [0.15, 0.2) is 0 Å². The van der Waals surface area contributed by atoms with E-state index in [4.69, 9.17) is 5.21 Å². The lowest BCUT2D eigenvalue weighted by Crippen LogP contribution is -2.66. The van der Waals surface area contributed by atoms with Crippen LogP contribution >= 0.6 is 0 Å². The molecule has 0 fully saturated rings. The number of carbonyl (C=O) groups excluding carboxylic acids is 2. The van der Waals surface area contributed by atoms with Gasteiger partial charge in [0.15, 0.2) is 0 Å². The summed E-state index contributed by atoms with van der Waals surface area (Å²) < 4.78 is 143. The molecule has 0 bridgehead atoms. The van der Waals surface area contributed by atoms with E-state index in [9.17, 15) is 57.5 Å². The zero-order valence-corrected chi connectivity index (χ0v) is 15.3. The molecule has 0 heterocycles. The highest BCUT2D eigenvalue weighted by Crippen LogP contribution is 2.55. The molecule has 0 saturated heterocycles. The number of sulfonamides is 1. The summed E-state index contributed by atoms with van der Waals surface area (Å²) in [4.78, 5) is 22.8. The van der Waals surface area contributed by atoms with Gasteiger partial charge in [-0.15, -0.1) is 0 Å². The van der Waals surface area contributed by atoms with E-state index in [2.05, 4.69) is 4.74 Å². The van der Waals surface area contributed by atoms with Gasteiger partial charge in [-0.3, -0.25) is 10.0 Å². The molecule has 2 amide bonds. The van der Waals surface area contributed by atoms with Crippen LogP contribution in [0.2, 0.25) is 0 Å². The minimum absolute atomic E-state index is 0.617. The van der Waals surface area contributed by atoms with Crippen molar-refractivity contribution in [1.29, 1.82) is 0 Å². The van der Waals surface area contributed by atoms with Crippen LogP contribution in [-0.4, -0.2) is 65.4 Å². The summed E-state index contributed by atoms with van der Waals surface area (Å²) in [5.74, 6) is -17.2. The van der Waals surface area contributed by atoms with Gasteiger partial charge in [0, 0.05) is 0 Å². The number of halogens is 9. The monoisotopic (exact) mass is 472 g/mol. The summed E-state index contributed by atoms with van der Waals surface area (Å²) in [6.07, 6.45) is -9.83. The van der Waals surface area contributed by atoms with E-state index >= 15 is 0 Å². The molecule has 0 aromatic carbocycles. The lowest BCUT2D eigenvalue weighted by atomic mass is 10.1. The Morgan fingerprint density at radius 3 is 1.66 bits per heavy atom. The van der Waals surface area contributed by atoms with E-state index < -0.39 is 61.8 Å². The smallest absolute Gasteiger partial charge is 0.443 e. The normalized spacial score (nSPS) is 14.4. The Hall–Kier alpha value is -1.98. The van der Waals surface area contributed by atoms with Gasteiger partial charge in [-0.25, -0.2) is 10.3 Å². The summed E-state index contributed by atoms with van der Waals surface area (Å²) in [5.41, 5.74) is -1.11. The molecular weight excluding hydrogens is 459 g/mol. The highest BCUT2D eigenvalue weighted by atomic mass is 32.2. The van der Waals surface area contributed by atoms with Crippen molar-refractivity contribution < 1.29 is 67.5 Å². The Bertz CT molecular complexity index is 745. The van der Waals surface area contributed by atoms with Crippen LogP contribution in [0.4, 0.5) is 44.3 Å². The van der Waals surface area contributed by atoms with Gasteiger partial charge < -0.3 is 4.74 Å². The fourth-order valence-corrected chi connectivity index (χ4v) is 2.64. The molecule has 0 aliphatic carbocycles. The number of rotatable bonds is 6. The molecule has 29 heavy (non-hydrogen) atoms. The van der Waals surface area contributed by atoms with Crippen LogP contribution in [-0.2, 0) is 19.6 Å². The van der Waals surface area contributed by atoms with Crippen molar-refractivity contribution in [1.82, 2.24) is 9.79 Å². The molecule has 8 nitrogen and oxygen atoms in total. The van der Waals surface area contributed by atoms with Gasteiger partial charge in [0.25, 0.3) is 5.91 Å². The van der Waals surface area contributed by atoms with Gasteiger partial charge in [0.1, 0.15) is 12.1 Å². The molecule has 172 valence electrons. The first-order chi connectivity index (χ1) is 12.5. The van der Waals surface area contributed by atoms with Crippen LogP contribution in [0.1, 0.15) is 20.8 Å². The second-order valence-electron chi connectivity index (χ2n) is 6.19. The molecule has 0 atom stereocenters. The van der Waals surface area contributed by atoms with Crippen LogP contribution < -0.4 is 5.48 Å². The summed E-state index contributed by atoms with van der Waals surface area (Å²) in [6.45, 7) is 0.752. The summed E-state index contributed by atoms with van der Waals surface area (Å²) in [6, 6.07) is 0. The van der Waals surface area contributed by atoms with Crippen molar-refractivity contribution in [2.45, 2.75) is 49.6 Å². The highest BCUT2D eigenvalue weighted by Gasteiger charge is 2.86. The molecule has 0 unspecified atom stereocenters. The minimum Gasteiger partial charge on any atom is -0.443 e. The van der Waals surface area contributed by atoms with Crippen molar-refractivity contribution in [3.8, 4) is 0 Å². The molecule has 0 aromatic rings. The third kappa shape index (κ3) is 4.96. The molecule has 0 rings (SSSR count). The molecule has 0 aliphatic rings. The third-order valence-electron chi connectivity index (χ3n) is 2.74. The largest absolute Gasteiger partial charge is 0.460 e. The summed E-state index contributed by atoms with van der Waals surface area (Å²) in [7, 11) is -7.45. The summed E-state index contributed by atoms with van der Waals surface area (Å²) in [5, 5.41) is 1.01. The van der Waals surface area contributed by atoms with Gasteiger partial charge in [0.05, 0.1) is 0 Å². The van der Waals surface area contributed by atoms with E-state index in [1.165, 1.54) is 0 Å². The molecular formula is C11H13F9N2O6S. The van der Waals surface area contributed by atoms with Crippen molar-refractivity contribution in [3.05, 3.63) is 0 Å². The molecule has 0 aromatic heterocycles. The van der Waals surface area contributed by atoms with Crippen molar-refractivity contribution in [3.63, 3.8) is 0 Å². The molecule has 0 spiro atoms. The van der Waals surface area contributed by atoms with Crippen molar-refractivity contribution in [2.24, 2.45) is 0 Å². The molecule has 18 heteroatoms. The second-order valence-corrected chi connectivity index (χ2v) is 8.09. The zero-order chi connectivity index (χ0) is 23.9. The molecule has 0 saturated carbocycles. The highest BCUT2D eigenvalue weighted by molar-refractivity contribution is 7.90. The fourth-order valence-electron chi connectivity index (χ4n) is 1.39. The van der Waals surface area contributed by atoms with Crippen molar-refractivity contribution in [2.75, 3.05) is 6.54 Å². The predicted octanol–water partition coefficient (Wildman–Crippen LogP) is 2.48. The number of carbonyl (C=O) groups is 2. The average molecular weight is 472 g/mol. The Kier molecular flexibility index (Phi) is 7.17. The Morgan fingerprint density at radius 2 is 1.34 bits per heavy atom. The van der Waals surface area contributed by atoms with E-state index in [0.717, 1.165) is 20.8 Å². The Labute approximate surface area is 156 Å². The number of hydroxylamine groups is 1. The van der Waals surface area contributed by atoms with E-state index in [1.54, 1.807) is 0 Å². The number of alkyl halides is 9. The lowest BCUT2D eigenvalue weighted by molar-refractivity contribution is -0.382. The molecule has 0 aliphatic heterocycles. The topological polar surface area (TPSA) is 113 Å². The van der Waals surface area contributed by atoms with E-state index in [0.29, 0.717) is 5.48 Å². The van der Waals surface area contributed by atoms with Gasteiger partial charge >= 0.3 is 39.4 Å². The third-order valence-corrected chi connectivity index (χ3v) is 4.50. The quantitative estimate of drug-likeness (QED) is 0.349. The van der Waals surface area contributed by atoms with Crippen LogP contribution in [0.5, 0.6) is 0 Å². The Balaban J connectivity index is 6.57. The zero-order valence-electron chi connectivity index (χ0n) is 14.5. The number of nitrogens with zero attached hydrogens (tertiary/aromatic N) is 1. The summed E-state index contributed by atoms with van der Waals surface area (Å²) >= 11 is 0. The first kappa shape index (κ1) is 27.0. The van der Waals surface area contributed by atoms with Crippen LogP contribution in [0, 0.1) is 0 Å². The van der Waals surface area contributed by atoms with Gasteiger partial charge in [-0.1, -0.05) is 0 Å². The van der Waals surface area contributed by atoms with Crippen molar-refractivity contribution >= 4 is 22.0 Å². The maximum Gasteiger partial charge on any atom is 0.460 e. The standard InChI is InChI=1S/C11H13F9N2O6S/c1-7(2,3)28-6(24)22(4-5(23)21-25)29(26,27)11(19,20)9(14,15)8(12,13)10(16,17)18/h25H,4H2,1-3H3,(H,21,23). The van der Waals surface area contributed by atoms with Gasteiger partial charge in [-0.2, -0.15) is 52.2 Å². The Morgan fingerprint density at radius 1 is 0.931 bits per heavy atom. The van der Waals surface area contributed by atoms with Crippen LogP contribution in [0.3, 0.4) is 0 Å². The first-order valence-electron chi connectivity index (χ1n) is 6.85. The number of hydrogen-bond donors (Lipinski definition) is 2. The maximum atomic E-state index is 13.8. The molecule has 2 N–H and O–H groups in total. The number of hydrogen-bond acceptors (Lipinski definition) is 6. The lowest BCUT2D eigenvalue weighted by Gasteiger charge is -2.35. The maximum absolute atomic E-state index is 13.8. The van der Waals surface area contributed by atoms with Crippen LogP contribution in [0.25, 0.3) is 0 Å². The number of nitrogens with one attached hydrogen (secondary N) is 1. The molecule has 0 radical (unpaired) electrons. The van der Waals surface area contributed by atoms with E-state index in [1.807, 2.05) is 0 Å². The predicted molar refractivity (Wildman–Crippen MR) is 72.7 cm³/mol. The average Bonchev–Trinajstić information content (AvgIpc) is 2.48. The van der Waals surface area contributed by atoms with Gasteiger partial charge in [-0.05, 0) is 20.8 Å². The second kappa shape index (κ2) is 7.69. The number of amides is 2. The minimum atomic E-state index is -7.63. The van der Waals surface area contributed by atoms with Gasteiger partial charge in [0.2, 0.25) is 0 Å². The first-order valence-corrected chi connectivity index (χ1v) is 8.29. The van der Waals surface area contributed by atoms with E-state index in [-0.39, 0.29) is 0 Å². The number of ether oxygens (including phenoxy) is 1.